The van der Waals surface area contributed by atoms with Gasteiger partial charge in [-0.05, 0) is 37.2 Å². The van der Waals surface area contributed by atoms with Gasteiger partial charge < -0.3 is 9.73 Å². The van der Waals surface area contributed by atoms with Gasteiger partial charge in [-0.25, -0.2) is 0 Å². The third-order valence-corrected chi connectivity index (χ3v) is 3.35. The van der Waals surface area contributed by atoms with Crippen LogP contribution >= 0.6 is 0 Å². The highest BCUT2D eigenvalue weighted by molar-refractivity contribution is 5.78. The third kappa shape index (κ3) is 2.51. The second kappa shape index (κ2) is 5.24. The Hall–Kier alpha value is -2.13. The number of furan rings is 1. The van der Waals surface area contributed by atoms with Crippen molar-refractivity contribution in [1.82, 2.24) is 10.3 Å². The first-order valence-corrected chi connectivity index (χ1v) is 6.41. The molecule has 0 aliphatic carbocycles. The van der Waals surface area contributed by atoms with E-state index in [9.17, 15) is 0 Å². The molecule has 3 nitrogen and oxygen atoms in total. The lowest BCUT2D eigenvalue weighted by Crippen LogP contribution is -2.19. The predicted octanol–water partition coefficient (Wildman–Crippen LogP) is 3.33. The fourth-order valence-electron chi connectivity index (χ4n) is 2.27. The predicted molar refractivity (Wildman–Crippen MR) is 76.0 cm³/mol. The van der Waals surface area contributed by atoms with Gasteiger partial charge in [0.25, 0.3) is 0 Å². The maximum absolute atomic E-state index is 5.12. The topological polar surface area (TPSA) is 38.1 Å². The molecule has 3 aromatic rings. The van der Waals surface area contributed by atoms with Crippen LogP contribution in [0.2, 0.25) is 0 Å². The van der Waals surface area contributed by atoms with E-state index in [1.54, 1.807) is 12.5 Å². The van der Waals surface area contributed by atoms with E-state index in [1.807, 2.05) is 31.3 Å². The maximum Gasteiger partial charge on any atom is 0.0935 e. The van der Waals surface area contributed by atoms with Crippen LogP contribution in [0.15, 0.2) is 59.4 Å². The average molecular weight is 252 g/mol. The van der Waals surface area contributed by atoms with Crippen LogP contribution < -0.4 is 5.32 Å². The number of rotatable bonds is 4. The van der Waals surface area contributed by atoms with E-state index < -0.39 is 0 Å². The Morgan fingerprint density at radius 1 is 1.16 bits per heavy atom. The Labute approximate surface area is 112 Å². The molecule has 0 radical (unpaired) electrons. The number of nitrogens with zero attached hydrogens (tertiary/aromatic N) is 1. The third-order valence-electron chi connectivity index (χ3n) is 3.35. The fourth-order valence-corrected chi connectivity index (χ4v) is 2.27. The summed E-state index contributed by atoms with van der Waals surface area (Å²) >= 11 is 0. The number of para-hydroxylation sites is 1. The van der Waals surface area contributed by atoms with Crippen LogP contribution in [0.4, 0.5) is 0 Å². The van der Waals surface area contributed by atoms with Crippen molar-refractivity contribution in [3.63, 3.8) is 0 Å². The number of nitrogens with one attached hydrogen (secondary N) is 1. The summed E-state index contributed by atoms with van der Waals surface area (Å²) in [4.78, 5) is 4.73. The molecule has 0 aliphatic heterocycles. The molecule has 0 fully saturated rings. The molecule has 0 saturated heterocycles. The molecule has 0 spiro atoms. The first kappa shape index (κ1) is 11.9. The van der Waals surface area contributed by atoms with E-state index in [4.69, 9.17) is 9.40 Å². The molecule has 0 saturated carbocycles. The van der Waals surface area contributed by atoms with Crippen molar-refractivity contribution in [2.45, 2.75) is 12.5 Å². The van der Waals surface area contributed by atoms with Gasteiger partial charge in [0.15, 0.2) is 0 Å². The fraction of sp³-hybridized carbons (Fsp3) is 0.188. The Morgan fingerprint density at radius 3 is 2.84 bits per heavy atom. The molecule has 3 rings (SSSR count). The zero-order valence-electron chi connectivity index (χ0n) is 10.8. The Balaban J connectivity index is 1.92. The minimum atomic E-state index is 0.196. The van der Waals surface area contributed by atoms with Crippen LogP contribution in [0, 0.1) is 0 Å². The summed E-state index contributed by atoms with van der Waals surface area (Å²) in [6, 6.07) is 14.6. The summed E-state index contributed by atoms with van der Waals surface area (Å²) in [6.45, 7) is 0. The van der Waals surface area contributed by atoms with Gasteiger partial charge in [-0.1, -0.05) is 24.3 Å². The monoisotopic (exact) mass is 252 g/mol. The van der Waals surface area contributed by atoms with Gasteiger partial charge in [-0.2, -0.15) is 0 Å². The van der Waals surface area contributed by atoms with Crippen LogP contribution in [-0.4, -0.2) is 12.0 Å². The molecule has 1 atom stereocenters. The number of likely N-dealkylation sites (N-methyl/N-ethyl adjacent to an activating group) is 1. The van der Waals surface area contributed by atoms with Crippen LogP contribution in [0.25, 0.3) is 10.9 Å². The number of hydrogen-bond acceptors (Lipinski definition) is 3. The van der Waals surface area contributed by atoms with Crippen molar-refractivity contribution in [1.29, 1.82) is 0 Å². The molecule has 2 aromatic heterocycles. The lowest BCUT2D eigenvalue weighted by molar-refractivity contribution is 0.548. The lowest BCUT2D eigenvalue weighted by Gasteiger charge is -2.15. The van der Waals surface area contributed by atoms with Gasteiger partial charge in [-0.15, -0.1) is 0 Å². The van der Waals surface area contributed by atoms with Crippen LogP contribution in [0.5, 0.6) is 0 Å². The van der Waals surface area contributed by atoms with Gasteiger partial charge in [0.05, 0.1) is 29.8 Å². The Morgan fingerprint density at radius 2 is 2.05 bits per heavy atom. The number of benzene rings is 1. The van der Waals surface area contributed by atoms with Crippen molar-refractivity contribution < 1.29 is 4.42 Å². The minimum absolute atomic E-state index is 0.196. The second-order valence-electron chi connectivity index (χ2n) is 4.61. The summed E-state index contributed by atoms with van der Waals surface area (Å²) in [7, 11) is 1.96. The highest BCUT2D eigenvalue weighted by atomic mass is 16.3. The molecule has 0 amide bonds. The molecular weight excluding hydrogens is 236 g/mol. The standard InChI is InChI=1S/C16H16N2O/c1-17-16(10-12-8-9-19-11-12)15-7-6-13-4-2-3-5-14(13)18-15/h2-9,11,16-17H,10H2,1H3. The van der Waals surface area contributed by atoms with Crippen LogP contribution in [0.1, 0.15) is 17.3 Å². The summed E-state index contributed by atoms with van der Waals surface area (Å²) in [5, 5.41) is 4.49. The van der Waals surface area contributed by atoms with Gasteiger partial charge in [0.2, 0.25) is 0 Å². The van der Waals surface area contributed by atoms with Crippen molar-refractivity contribution in [3.05, 3.63) is 66.2 Å². The number of hydrogen-bond donors (Lipinski definition) is 1. The molecule has 96 valence electrons. The zero-order valence-corrected chi connectivity index (χ0v) is 10.8. The first-order valence-electron chi connectivity index (χ1n) is 6.41. The van der Waals surface area contributed by atoms with Crippen LogP contribution in [0.3, 0.4) is 0 Å². The zero-order chi connectivity index (χ0) is 13.1. The van der Waals surface area contributed by atoms with E-state index in [0.29, 0.717) is 0 Å². The van der Waals surface area contributed by atoms with Crippen LogP contribution in [-0.2, 0) is 6.42 Å². The lowest BCUT2D eigenvalue weighted by atomic mass is 10.0. The summed E-state index contributed by atoms with van der Waals surface area (Å²) < 4.78 is 5.12. The minimum Gasteiger partial charge on any atom is -0.472 e. The number of fused-ring (bicyclic) bond motifs is 1. The number of aromatic nitrogens is 1. The van der Waals surface area contributed by atoms with E-state index >= 15 is 0 Å². The van der Waals surface area contributed by atoms with Gasteiger partial charge >= 0.3 is 0 Å². The van der Waals surface area contributed by atoms with Gasteiger partial charge in [-0.3, -0.25) is 4.98 Å². The summed E-state index contributed by atoms with van der Waals surface area (Å²) in [6.07, 6.45) is 4.36. The quantitative estimate of drug-likeness (QED) is 0.774. The van der Waals surface area contributed by atoms with Crippen molar-refractivity contribution in [3.8, 4) is 0 Å². The van der Waals surface area contributed by atoms with Crippen molar-refractivity contribution >= 4 is 10.9 Å². The van der Waals surface area contributed by atoms with E-state index in [-0.39, 0.29) is 6.04 Å². The van der Waals surface area contributed by atoms with Crippen molar-refractivity contribution in [2.24, 2.45) is 0 Å². The Bertz CT molecular complexity index is 661. The molecule has 2 heterocycles. The SMILES string of the molecule is CNC(Cc1ccoc1)c1ccc2ccccc2n1. The van der Waals surface area contributed by atoms with E-state index in [2.05, 4.69) is 23.5 Å². The summed E-state index contributed by atoms with van der Waals surface area (Å²) in [5.41, 5.74) is 3.27. The Kier molecular flexibility index (Phi) is 3.29. The molecule has 19 heavy (non-hydrogen) atoms. The molecule has 3 heteroatoms. The molecule has 1 aromatic carbocycles. The highest BCUT2D eigenvalue weighted by Gasteiger charge is 2.12. The maximum atomic E-state index is 5.12. The second-order valence-corrected chi connectivity index (χ2v) is 4.61. The van der Waals surface area contributed by atoms with E-state index in [0.717, 1.165) is 17.6 Å². The van der Waals surface area contributed by atoms with Gasteiger partial charge in [0, 0.05) is 5.39 Å². The van der Waals surface area contributed by atoms with Gasteiger partial charge in [0.1, 0.15) is 0 Å². The molecule has 1 unspecified atom stereocenters. The summed E-state index contributed by atoms with van der Waals surface area (Å²) in [5.74, 6) is 0. The highest BCUT2D eigenvalue weighted by Crippen LogP contribution is 2.20. The van der Waals surface area contributed by atoms with Crippen molar-refractivity contribution in [2.75, 3.05) is 7.05 Å². The molecule has 0 aliphatic rings. The molecule has 1 N–H and O–H groups in total. The average Bonchev–Trinajstić information content (AvgIpc) is 2.97. The smallest absolute Gasteiger partial charge is 0.0935 e. The molecule has 0 bridgehead atoms. The van der Waals surface area contributed by atoms with E-state index in [1.165, 1.54) is 10.9 Å². The first-order chi connectivity index (χ1) is 9.36. The largest absolute Gasteiger partial charge is 0.472 e. The number of pyridine rings is 1. The normalized spacial score (nSPS) is 12.7. The molecular formula is C16H16N2O.